The molecule has 0 fully saturated rings. The summed E-state index contributed by atoms with van der Waals surface area (Å²) in [4.78, 5) is 15.6. The summed E-state index contributed by atoms with van der Waals surface area (Å²) in [5.74, 6) is -0.165. The molecule has 0 aliphatic heterocycles. The Labute approximate surface area is 136 Å². The zero-order valence-corrected chi connectivity index (χ0v) is 13.6. The van der Waals surface area contributed by atoms with Crippen molar-refractivity contribution in [2.75, 3.05) is 0 Å². The van der Waals surface area contributed by atoms with Gasteiger partial charge in [-0.15, -0.1) is 0 Å². The third-order valence-corrected chi connectivity index (χ3v) is 4.35. The van der Waals surface area contributed by atoms with Gasteiger partial charge in [-0.25, -0.2) is 0 Å². The number of allylic oxidation sites excluding steroid dienone is 1. The van der Waals surface area contributed by atoms with E-state index in [1.165, 1.54) is 0 Å². The molecule has 5 nitrogen and oxygen atoms in total. The first kappa shape index (κ1) is 14.8. The number of rotatable bonds is 2. The minimum absolute atomic E-state index is 0.119. The average Bonchev–Trinajstić information content (AvgIpc) is 2.87. The maximum absolute atomic E-state index is 12.5. The summed E-state index contributed by atoms with van der Waals surface area (Å²) in [6, 6.07) is 7.34. The number of amides is 1. The van der Waals surface area contributed by atoms with Crippen LogP contribution in [0.2, 0.25) is 0 Å². The summed E-state index contributed by atoms with van der Waals surface area (Å²) >= 11 is 3.38. The van der Waals surface area contributed by atoms with Crippen molar-refractivity contribution in [1.82, 2.24) is 10.3 Å². The number of hydrogen-bond acceptors (Lipinski definition) is 3. The molecule has 5 N–H and O–H groups in total. The van der Waals surface area contributed by atoms with E-state index in [0.29, 0.717) is 5.56 Å². The molecule has 1 amide bonds. The molecule has 1 aromatic heterocycles. The van der Waals surface area contributed by atoms with Crippen molar-refractivity contribution in [2.24, 2.45) is 5.73 Å². The zero-order valence-electron chi connectivity index (χ0n) is 12.0. The Hall–Kier alpha value is -2.08. The molecular weight excluding hydrogens is 344 g/mol. The van der Waals surface area contributed by atoms with Crippen LogP contribution in [0.3, 0.4) is 0 Å². The van der Waals surface area contributed by atoms with Crippen LogP contribution in [0, 0.1) is 5.41 Å². The van der Waals surface area contributed by atoms with E-state index in [2.05, 4.69) is 26.2 Å². The van der Waals surface area contributed by atoms with Crippen molar-refractivity contribution in [3.05, 3.63) is 45.7 Å². The second-order valence-corrected chi connectivity index (χ2v) is 6.28. The van der Waals surface area contributed by atoms with E-state index < -0.39 is 0 Å². The first-order chi connectivity index (χ1) is 10.6. The number of fused-ring (bicyclic) bond motifs is 1. The summed E-state index contributed by atoms with van der Waals surface area (Å²) in [7, 11) is 0. The Kier molecular flexibility index (Phi) is 4.02. The third kappa shape index (κ3) is 2.78. The zero-order chi connectivity index (χ0) is 15.7. The predicted octanol–water partition coefficient (Wildman–Crippen LogP) is 3.42. The first-order valence-corrected chi connectivity index (χ1v) is 8.00. The number of aromatic amines is 1. The van der Waals surface area contributed by atoms with Gasteiger partial charge in [0.25, 0.3) is 5.91 Å². The number of halogens is 1. The molecule has 0 saturated carbocycles. The minimum Gasteiger partial charge on any atom is -0.402 e. The first-order valence-electron chi connectivity index (χ1n) is 7.21. The fourth-order valence-corrected chi connectivity index (χ4v) is 3.23. The monoisotopic (exact) mass is 360 g/mol. The highest BCUT2D eigenvalue weighted by atomic mass is 79.9. The molecule has 0 spiro atoms. The molecule has 1 aliphatic rings. The summed E-state index contributed by atoms with van der Waals surface area (Å²) in [6.07, 6.45) is 3.61. The van der Waals surface area contributed by atoms with Gasteiger partial charge in [0, 0.05) is 27.7 Å². The third-order valence-electron chi connectivity index (χ3n) is 3.93. The highest BCUT2D eigenvalue weighted by Gasteiger charge is 2.18. The molecule has 0 radical (unpaired) electrons. The Morgan fingerprint density at radius 2 is 2.09 bits per heavy atom. The van der Waals surface area contributed by atoms with E-state index in [1.807, 2.05) is 18.2 Å². The van der Waals surface area contributed by atoms with Crippen LogP contribution in [-0.2, 0) is 0 Å². The Morgan fingerprint density at radius 1 is 1.32 bits per heavy atom. The van der Waals surface area contributed by atoms with Crippen molar-refractivity contribution in [1.29, 1.82) is 5.41 Å². The fourth-order valence-electron chi connectivity index (χ4n) is 2.79. The van der Waals surface area contributed by atoms with E-state index in [9.17, 15) is 4.79 Å². The topological polar surface area (TPSA) is 94.8 Å². The van der Waals surface area contributed by atoms with Gasteiger partial charge >= 0.3 is 0 Å². The molecule has 6 heteroatoms. The van der Waals surface area contributed by atoms with E-state index in [-0.39, 0.29) is 11.7 Å². The number of nitrogens with two attached hydrogens (primary N) is 1. The van der Waals surface area contributed by atoms with Crippen molar-refractivity contribution in [3.8, 4) is 0 Å². The molecule has 2 aromatic rings. The van der Waals surface area contributed by atoms with E-state index >= 15 is 0 Å². The van der Waals surface area contributed by atoms with Crippen LogP contribution in [0.4, 0.5) is 0 Å². The smallest absolute Gasteiger partial charge is 0.257 e. The highest BCUT2D eigenvalue weighted by Crippen LogP contribution is 2.24. The van der Waals surface area contributed by atoms with Crippen molar-refractivity contribution in [3.63, 3.8) is 0 Å². The maximum atomic E-state index is 12.5. The van der Waals surface area contributed by atoms with E-state index in [1.54, 1.807) is 6.07 Å². The summed E-state index contributed by atoms with van der Waals surface area (Å²) in [6.45, 7) is 0. The number of amidine groups is 1. The molecule has 0 saturated heterocycles. The SMILES string of the molecule is N=C(NC(=O)c1cccc2[nH]c(Br)cc12)C1=C(N)CCCC1. The Balaban J connectivity index is 1.86. The molecule has 0 bridgehead atoms. The predicted molar refractivity (Wildman–Crippen MR) is 90.9 cm³/mol. The number of aromatic nitrogens is 1. The Bertz CT molecular complexity index is 791. The summed E-state index contributed by atoms with van der Waals surface area (Å²) in [5.41, 5.74) is 8.87. The second-order valence-electron chi connectivity index (χ2n) is 5.42. The van der Waals surface area contributed by atoms with Gasteiger partial charge in [-0.1, -0.05) is 6.07 Å². The maximum Gasteiger partial charge on any atom is 0.257 e. The average molecular weight is 361 g/mol. The molecular formula is C16H17BrN4O. The van der Waals surface area contributed by atoms with Crippen molar-refractivity contribution >= 4 is 38.6 Å². The molecule has 1 aliphatic carbocycles. The van der Waals surface area contributed by atoms with Gasteiger partial charge < -0.3 is 16.0 Å². The van der Waals surface area contributed by atoms with Crippen LogP contribution in [0.5, 0.6) is 0 Å². The van der Waals surface area contributed by atoms with Gasteiger partial charge in [-0.3, -0.25) is 10.2 Å². The lowest BCUT2D eigenvalue weighted by atomic mass is 9.95. The highest BCUT2D eigenvalue weighted by molar-refractivity contribution is 9.10. The number of hydrogen-bond donors (Lipinski definition) is 4. The minimum atomic E-state index is -0.284. The summed E-state index contributed by atoms with van der Waals surface area (Å²) in [5, 5.41) is 11.6. The van der Waals surface area contributed by atoms with Crippen LogP contribution in [0.25, 0.3) is 10.9 Å². The number of benzene rings is 1. The van der Waals surface area contributed by atoms with E-state index in [0.717, 1.165) is 52.5 Å². The molecule has 3 rings (SSSR count). The van der Waals surface area contributed by atoms with Gasteiger partial charge in [0.05, 0.1) is 4.60 Å². The van der Waals surface area contributed by atoms with Gasteiger partial charge in [0.1, 0.15) is 5.84 Å². The molecule has 114 valence electrons. The van der Waals surface area contributed by atoms with Crippen LogP contribution >= 0.6 is 15.9 Å². The number of carbonyl (C=O) groups excluding carboxylic acids is 1. The summed E-state index contributed by atoms with van der Waals surface area (Å²) < 4.78 is 0.817. The lowest BCUT2D eigenvalue weighted by Crippen LogP contribution is -2.33. The second kappa shape index (κ2) is 5.96. The largest absolute Gasteiger partial charge is 0.402 e. The van der Waals surface area contributed by atoms with Gasteiger partial charge in [-0.2, -0.15) is 0 Å². The quantitative estimate of drug-likeness (QED) is 0.487. The van der Waals surface area contributed by atoms with Crippen LogP contribution in [0.15, 0.2) is 40.1 Å². The van der Waals surface area contributed by atoms with Crippen molar-refractivity contribution in [2.45, 2.75) is 25.7 Å². The number of carbonyl (C=O) groups is 1. The number of H-pyrrole nitrogens is 1. The Morgan fingerprint density at radius 3 is 2.86 bits per heavy atom. The number of nitrogens with one attached hydrogen (secondary N) is 3. The van der Waals surface area contributed by atoms with Gasteiger partial charge in [0.2, 0.25) is 0 Å². The van der Waals surface area contributed by atoms with Crippen LogP contribution < -0.4 is 11.1 Å². The lowest BCUT2D eigenvalue weighted by molar-refractivity contribution is 0.0978. The molecule has 1 heterocycles. The van der Waals surface area contributed by atoms with Gasteiger partial charge in [0.15, 0.2) is 0 Å². The molecule has 1 aromatic carbocycles. The van der Waals surface area contributed by atoms with Gasteiger partial charge in [-0.05, 0) is 59.8 Å². The normalized spacial score (nSPS) is 15.1. The fraction of sp³-hybridized carbons (Fsp3) is 0.250. The molecule has 0 unspecified atom stereocenters. The van der Waals surface area contributed by atoms with Crippen LogP contribution in [0.1, 0.15) is 36.0 Å². The molecule has 22 heavy (non-hydrogen) atoms. The van der Waals surface area contributed by atoms with E-state index in [4.69, 9.17) is 11.1 Å². The van der Waals surface area contributed by atoms with Crippen LogP contribution in [-0.4, -0.2) is 16.7 Å². The molecule has 0 atom stereocenters. The van der Waals surface area contributed by atoms with Crippen molar-refractivity contribution < 1.29 is 4.79 Å². The lowest BCUT2D eigenvalue weighted by Gasteiger charge is -2.18. The standard InChI is InChI=1S/C16H17BrN4O/c17-14-8-11-9(5-3-7-13(11)20-14)16(22)21-15(19)10-4-1-2-6-12(10)18/h3,5,7-8,20H,1-2,4,6,18H2,(H2,19,21,22).